The first kappa shape index (κ1) is 25.0. The van der Waals surface area contributed by atoms with Crippen LogP contribution in [-0.4, -0.2) is 35.6 Å². The Balaban J connectivity index is 4.99. The second-order valence-corrected chi connectivity index (χ2v) is 20.3. The number of rotatable bonds is 9. The van der Waals surface area contributed by atoms with Crippen LogP contribution in [0.25, 0.3) is 0 Å². The molecule has 0 rings (SSSR count). The highest BCUT2D eigenvalue weighted by atomic mass is 28.4. The summed E-state index contributed by atoms with van der Waals surface area (Å²) in [7, 11) is -3.63. The van der Waals surface area contributed by atoms with Gasteiger partial charge in [-0.15, -0.1) is 0 Å². The Bertz CT molecular complexity index is 420. The molecule has 0 radical (unpaired) electrons. The molecule has 0 bridgehead atoms. The number of hydrogen-bond donors (Lipinski definition) is 0. The highest BCUT2D eigenvalue weighted by Crippen LogP contribution is 2.40. The third-order valence-corrected chi connectivity index (χ3v) is 15.4. The van der Waals surface area contributed by atoms with Crippen LogP contribution in [0.2, 0.25) is 36.3 Å². The van der Waals surface area contributed by atoms with Crippen molar-refractivity contribution in [1.82, 2.24) is 0 Å². The third kappa shape index (κ3) is 7.27. The van der Waals surface area contributed by atoms with E-state index in [-0.39, 0.29) is 22.1 Å². The van der Waals surface area contributed by atoms with Gasteiger partial charge in [-0.05, 0) is 48.6 Å². The summed E-state index contributed by atoms with van der Waals surface area (Å²) in [6.45, 7) is 27.6. The van der Waals surface area contributed by atoms with Crippen LogP contribution < -0.4 is 0 Å². The fraction of sp³-hybridized carbons (Fsp3) is 0.950. The van der Waals surface area contributed by atoms with Gasteiger partial charge >= 0.3 is 0 Å². The van der Waals surface area contributed by atoms with Crippen LogP contribution in [0.4, 0.5) is 0 Å². The van der Waals surface area contributed by atoms with Crippen molar-refractivity contribution in [1.29, 1.82) is 0 Å². The lowest BCUT2D eigenvalue weighted by atomic mass is 9.92. The molecule has 0 fully saturated rings. The molecule has 5 heteroatoms. The minimum Gasteiger partial charge on any atom is -0.417 e. The molecule has 0 spiro atoms. The van der Waals surface area contributed by atoms with E-state index in [2.05, 4.69) is 74.7 Å². The van der Waals surface area contributed by atoms with Crippen molar-refractivity contribution in [3.05, 3.63) is 0 Å². The van der Waals surface area contributed by atoms with Crippen LogP contribution in [0.5, 0.6) is 0 Å². The number of aldehydes is 1. The van der Waals surface area contributed by atoms with E-state index in [0.29, 0.717) is 5.92 Å². The maximum atomic E-state index is 11.5. The Morgan fingerprint density at radius 1 is 0.880 bits per heavy atom. The van der Waals surface area contributed by atoms with Gasteiger partial charge in [0.05, 0.1) is 6.10 Å². The first-order valence-corrected chi connectivity index (χ1v) is 15.5. The molecular weight excluding hydrogens is 344 g/mol. The number of hydrogen-bond acceptors (Lipinski definition) is 3. The first-order chi connectivity index (χ1) is 11.0. The minimum absolute atomic E-state index is 0.0265. The van der Waals surface area contributed by atoms with Gasteiger partial charge in [-0.1, -0.05) is 55.4 Å². The zero-order valence-electron chi connectivity index (χ0n) is 18.9. The van der Waals surface area contributed by atoms with Crippen molar-refractivity contribution in [3.8, 4) is 0 Å². The highest BCUT2D eigenvalue weighted by molar-refractivity contribution is 6.74. The molecule has 0 saturated carbocycles. The van der Waals surface area contributed by atoms with Crippen molar-refractivity contribution in [2.75, 3.05) is 6.61 Å². The van der Waals surface area contributed by atoms with Gasteiger partial charge in [0.25, 0.3) is 0 Å². The smallest absolute Gasteiger partial charge is 0.192 e. The van der Waals surface area contributed by atoms with Crippen LogP contribution in [0.15, 0.2) is 0 Å². The highest BCUT2D eigenvalue weighted by Gasteiger charge is 2.42. The van der Waals surface area contributed by atoms with Crippen LogP contribution in [0, 0.1) is 11.8 Å². The predicted molar refractivity (Wildman–Crippen MR) is 114 cm³/mol. The Morgan fingerprint density at radius 3 is 1.68 bits per heavy atom. The van der Waals surface area contributed by atoms with Gasteiger partial charge < -0.3 is 13.6 Å². The summed E-state index contributed by atoms with van der Waals surface area (Å²) < 4.78 is 13.0. The van der Waals surface area contributed by atoms with Crippen LogP contribution in [-0.2, 0) is 13.6 Å². The van der Waals surface area contributed by atoms with E-state index in [1.165, 1.54) is 0 Å². The first-order valence-electron chi connectivity index (χ1n) is 9.73. The molecule has 0 aromatic carbocycles. The largest absolute Gasteiger partial charge is 0.417 e. The van der Waals surface area contributed by atoms with Gasteiger partial charge in [0.1, 0.15) is 6.29 Å². The zero-order valence-corrected chi connectivity index (χ0v) is 20.9. The number of carbonyl (C=O) groups excluding carboxylic acids is 1. The summed E-state index contributed by atoms with van der Waals surface area (Å²) in [5.41, 5.74) is 0. The van der Waals surface area contributed by atoms with Crippen LogP contribution in [0.3, 0.4) is 0 Å². The van der Waals surface area contributed by atoms with E-state index < -0.39 is 16.6 Å². The summed E-state index contributed by atoms with van der Waals surface area (Å²) in [4.78, 5) is 11.5. The molecule has 0 aliphatic rings. The fourth-order valence-corrected chi connectivity index (χ4v) is 4.76. The Kier molecular flexibility index (Phi) is 8.82. The molecule has 0 aromatic heterocycles. The Hall–Kier alpha value is 0.0238. The summed E-state index contributed by atoms with van der Waals surface area (Å²) in [5, 5.41) is 0.370. The molecule has 150 valence electrons. The van der Waals surface area contributed by atoms with Gasteiger partial charge in [0, 0.05) is 12.5 Å². The lowest BCUT2D eigenvalue weighted by Crippen LogP contribution is -2.48. The molecule has 0 N–H and O–H groups in total. The quantitative estimate of drug-likeness (QED) is 0.345. The Labute approximate surface area is 159 Å². The molecule has 0 saturated heterocycles. The van der Waals surface area contributed by atoms with Gasteiger partial charge in [0.2, 0.25) is 0 Å². The minimum atomic E-state index is -1.91. The van der Waals surface area contributed by atoms with Gasteiger partial charge in [-0.3, -0.25) is 0 Å². The molecular formula is C20H44O3Si2. The topological polar surface area (TPSA) is 35.5 Å². The van der Waals surface area contributed by atoms with Crippen LogP contribution in [0.1, 0.15) is 61.8 Å². The second-order valence-electron chi connectivity index (χ2n) is 10.7. The van der Waals surface area contributed by atoms with Gasteiger partial charge in [0.15, 0.2) is 16.6 Å². The molecule has 0 heterocycles. The molecule has 0 aliphatic heterocycles. The van der Waals surface area contributed by atoms with E-state index in [4.69, 9.17) is 8.85 Å². The summed E-state index contributed by atoms with van der Waals surface area (Å²) in [5.74, 6) is 0.219. The molecule has 0 unspecified atom stereocenters. The van der Waals surface area contributed by atoms with Crippen molar-refractivity contribution in [2.24, 2.45) is 11.8 Å². The zero-order chi connectivity index (χ0) is 20.3. The van der Waals surface area contributed by atoms with E-state index in [1.54, 1.807) is 0 Å². The van der Waals surface area contributed by atoms with Crippen LogP contribution >= 0.6 is 0 Å². The molecule has 0 amide bonds. The summed E-state index contributed by atoms with van der Waals surface area (Å²) in [6, 6.07) is 0. The van der Waals surface area contributed by atoms with E-state index in [0.717, 1.165) is 19.3 Å². The molecule has 25 heavy (non-hydrogen) atoms. The maximum absolute atomic E-state index is 11.5. The van der Waals surface area contributed by atoms with Gasteiger partial charge in [-0.25, -0.2) is 0 Å². The molecule has 0 aliphatic carbocycles. The average molecular weight is 389 g/mol. The standard InChI is InChI=1S/C20H44O3Si2/c1-16(13-14-22-24(9,10)19(3,4)5)18(17(2)15-21)23-25(11,12)20(6,7)8/h15-18H,13-14H2,1-12H3/t16-,17-,18+/m1/s1. The monoisotopic (exact) mass is 388 g/mol. The SMILES string of the molecule is C[C@H](C=O)[C@@H](O[Si](C)(C)C(C)(C)C)[C@H](C)CCO[Si](C)(C)C(C)(C)C. The maximum Gasteiger partial charge on any atom is 0.192 e. The van der Waals surface area contributed by atoms with Crippen molar-refractivity contribution < 1.29 is 13.6 Å². The molecule has 3 atom stereocenters. The van der Waals surface area contributed by atoms with E-state index >= 15 is 0 Å². The summed E-state index contributed by atoms with van der Waals surface area (Å²) >= 11 is 0. The van der Waals surface area contributed by atoms with Crippen molar-refractivity contribution in [3.63, 3.8) is 0 Å². The molecule has 3 nitrogen and oxygen atoms in total. The van der Waals surface area contributed by atoms with Crippen molar-refractivity contribution in [2.45, 2.75) is 104 Å². The Morgan fingerprint density at radius 2 is 1.32 bits per heavy atom. The van der Waals surface area contributed by atoms with Gasteiger partial charge in [-0.2, -0.15) is 0 Å². The lowest BCUT2D eigenvalue weighted by Gasteiger charge is -2.42. The number of carbonyl (C=O) groups is 1. The predicted octanol–water partition coefficient (Wildman–Crippen LogP) is 6.26. The summed E-state index contributed by atoms with van der Waals surface area (Å²) in [6.07, 6.45) is 1.95. The second kappa shape index (κ2) is 8.81. The normalized spacial score (nSPS) is 17.9. The lowest BCUT2D eigenvalue weighted by molar-refractivity contribution is -0.114. The van der Waals surface area contributed by atoms with E-state index in [9.17, 15) is 4.79 Å². The van der Waals surface area contributed by atoms with E-state index in [1.807, 2.05) is 6.92 Å². The average Bonchev–Trinajstić information content (AvgIpc) is 2.41. The molecule has 0 aromatic rings. The van der Waals surface area contributed by atoms with Crippen molar-refractivity contribution >= 4 is 22.9 Å². The third-order valence-electron chi connectivity index (χ3n) is 6.37. The fourth-order valence-electron chi connectivity index (χ4n) is 2.22.